The van der Waals surface area contributed by atoms with E-state index in [2.05, 4.69) is 4.98 Å². The molecule has 0 saturated carbocycles. The largest absolute Gasteiger partial charge is 0.325 e. The smallest absolute Gasteiger partial charge is 0.314 e. The van der Waals surface area contributed by atoms with Crippen LogP contribution < -0.4 is 11.2 Å². The Kier molecular flexibility index (Phi) is 2.80. The summed E-state index contributed by atoms with van der Waals surface area (Å²) >= 11 is 0. The van der Waals surface area contributed by atoms with Crippen molar-refractivity contribution in [2.75, 3.05) is 0 Å². The zero-order valence-corrected chi connectivity index (χ0v) is 5.47. The molecule has 9 heavy (non-hydrogen) atoms. The number of H-pyrrole nitrogens is 2. The zero-order valence-electron chi connectivity index (χ0n) is 4.47. The van der Waals surface area contributed by atoms with Gasteiger partial charge in [-0.2, -0.15) is 13.5 Å². The number of nitrogens with one attached hydrogen (secondary N) is 2. The van der Waals surface area contributed by atoms with E-state index in [0.29, 0.717) is 0 Å². The molecule has 0 bridgehead atoms. The third-order valence-corrected chi connectivity index (χ3v) is 0.686. The second kappa shape index (κ2) is 3.13. The van der Waals surface area contributed by atoms with E-state index in [1.165, 1.54) is 12.3 Å². The molecule has 5 heteroatoms. The Morgan fingerprint density at radius 1 is 1.33 bits per heavy atom. The molecule has 1 aromatic heterocycles. The predicted molar refractivity (Wildman–Crippen MR) is 38.1 cm³/mol. The van der Waals surface area contributed by atoms with Crippen LogP contribution in [0.2, 0.25) is 0 Å². The van der Waals surface area contributed by atoms with Gasteiger partial charge in [-0.05, 0) is 0 Å². The van der Waals surface area contributed by atoms with Crippen molar-refractivity contribution in [1.82, 2.24) is 9.97 Å². The Bertz CT molecular complexity index is 251. The molecule has 0 fully saturated rings. The molecule has 0 saturated heterocycles. The van der Waals surface area contributed by atoms with Gasteiger partial charge in [0.15, 0.2) is 0 Å². The molecule has 1 heterocycles. The molecule has 2 N–H and O–H groups in total. The van der Waals surface area contributed by atoms with Crippen LogP contribution in [0, 0.1) is 0 Å². The molecule has 0 aromatic carbocycles. The van der Waals surface area contributed by atoms with E-state index in [0.717, 1.165) is 0 Å². The topological polar surface area (TPSA) is 65.7 Å². The summed E-state index contributed by atoms with van der Waals surface area (Å²) in [7, 11) is 0. The Labute approximate surface area is 57.4 Å². The summed E-state index contributed by atoms with van der Waals surface area (Å²) in [4.78, 5) is 24.7. The van der Waals surface area contributed by atoms with Crippen molar-refractivity contribution in [3.05, 3.63) is 33.1 Å². The Balaban J connectivity index is 0.000000640. The fourth-order valence-corrected chi connectivity index (χ4v) is 0.383. The quantitative estimate of drug-likeness (QED) is 0.502. The van der Waals surface area contributed by atoms with Crippen LogP contribution in [0.3, 0.4) is 0 Å². The zero-order chi connectivity index (χ0) is 5.98. The van der Waals surface area contributed by atoms with Crippen LogP contribution >= 0.6 is 13.5 Å². The van der Waals surface area contributed by atoms with E-state index in [1.54, 1.807) is 0 Å². The molecule has 0 aliphatic carbocycles. The van der Waals surface area contributed by atoms with E-state index in [9.17, 15) is 9.59 Å². The summed E-state index contributed by atoms with van der Waals surface area (Å²) in [5, 5.41) is 0. The second-order valence-corrected chi connectivity index (χ2v) is 1.30. The molecular formula is C4H6N2O2S. The average molecular weight is 146 g/mol. The number of aromatic nitrogens is 2. The molecule has 0 amide bonds. The molecule has 0 atom stereocenters. The molecule has 0 spiro atoms. The normalized spacial score (nSPS) is 8.00. The summed E-state index contributed by atoms with van der Waals surface area (Å²) in [6.07, 6.45) is 1.29. The fraction of sp³-hybridized carbons (Fsp3) is 0. The van der Waals surface area contributed by atoms with Crippen molar-refractivity contribution < 1.29 is 0 Å². The van der Waals surface area contributed by atoms with E-state index >= 15 is 0 Å². The summed E-state index contributed by atoms with van der Waals surface area (Å²) < 4.78 is 0. The van der Waals surface area contributed by atoms with Crippen molar-refractivity contribution in [2.45, 2.75) is 0 Å². The highest BCUT2D eigenvalue weighted by atomic mass is 32.1. The minimum absolute atomic E-state index is 0. The van der Waals surface area contributed by atoms with Gasteiger partial charge in [-0.15, -0.1) is 0 Å². The van der Waals surface area contributed by atoms with Gasteiger partial charge in [0.25, 0.3) is 5.56 Å². The van der Waals surface area contributed by atoms with Gasteiger partial charge in [0.1, 0.15) is 0 Å². The van der Waals surface area contributed by atoms with Gasteiger partial charge in [-0.1, -0.05) is 0 Å². The van der Waals surface area contributed by atoms with Crippen LogP contribution in [0.15, 0.2) is 21.9 Å². The maximum absolute atomic E-state index is 10.2. The maximum Gasteiger partial charge on any atom is 0.325 e. The lowest BCUT2D eigenvalue weighted by Crippen LogP contribution is -2.19. The van der Waals surface area contributed by atoms with Crippen molar-refractivity contribution in [1.29, 1.82) is 0 Å². The van der Waals surface area contributed by atoms with Crippen LogP contribution in [-0.2, 0) is 0 Å². The van der Waals surface area contributed by atoms with Crippen molar-refractivity contribution in [2.24, 2.45) is 0 Å². The summed E-state index contributed by atoms with van der Waals surface area (Å²) in [6.45, 7) is 0. The van der Waals surface area contributed by atoms with E-state index < -0.39 is 5.69 Å². The standard InChI is InChI=1S/C4H4N2O2.H2S/c7-3-1-2-5-4(8)6-3;/h1-2H,(H2,5,6,7,8);1H2. The van der Waals surface area contributed by atoms with Gasteiger partial charge in [0.2, 0.25) is 0 Å². The molecular weight excluding hydrogens is 140 g/mol. The minimum Gasteiger partial charge on any atom is -0.314 e. The average Bonchev–Trinajstić information content (AvgIpc) is 1.64. The van der Waals surface area contributed by atoms with Crippen LogP contribution in [0.1, 0.15) is 0 Å². The van der Waals surface area contributed by atoms with Crippen LogP contribution in [-0.4, -0.2) is 9.97 Å². The number of rotatable bonds is 0. The summed E-state index contributed by atoms with van der Waals surface area (Å²) in [5.41, 5.74) is -0.855. The lowest BCUT2D eigenvalue weighted by Gasteiger charge is -1.75. The van der Waals surface area contributed by atoms with Gasteiger partial charge in [-0.25, -0.2) is 4.79 Å². The molecule has 0 aliphatic rings. The van der Waals surface area contributed by atoms with E-state index in [4.69, 9.17) is 0 Å². The molecule has 50 valence electrons. The number of aromatic amines is 2. The first-order valence-electron chi connectivity index (χ1n) is 2.07. The van der Waals surface area contributed by atoms with E-state index in [1.807, 2.05) is 4.98 Å². The van der Waals surface area contributed by atoms with Gasteiger partial charge in [0.05, 0.1) is 0 Å². The van der Waals surface area contributed by atoms with Crippen molar-refractivity contribution in [3.8, 4) is 0 Å². The SMILES string of the molecule is O=c1cc[nH]c(=O)[nH]1.S. The van der Waals surface area contributed by atoms with Crippen molar-refractivity contribution in [3.63, 3.8) is 0 Å². The monoisotopic (exact) mass is 146 g/mol. The molecule has 1 aromatic rings. The van der Waals surface area contributed by atoms with E-state index in [-0.39, 0.29) is 19.1 Å². The highest BCUT2D eigenvalue weighted by molar-refractivity contribution is 7.59. The lowest BCUT2D eigenvalue weighted by atomic mass is 10.7. The second-order valence-electron chi connectivity index (χ2n) is 1.30. The third kappa shape index (κ3) is 2.18. The Morgan fingerprint density at radius 3 is 2.33 bits per heavy atom. The Morgan fingerprint density at radius 2 is 2.00 bits per heavy atom. The van der Waals surface area contributed by atoms with Gasteiger partial charge >= 0.3 is 5.69 Å². The molecule has 0 aliphatic heterocycles. The third-order valence-electron chi connectivity index (χ3n) is 0.686. The Hall–Kier alpha value is -0.970. The molecule has 0 unspecified atom stereocenters. The highest BCUT2D eigenvalue weighted by Crippen LogP contribution is 1.51. The first-order chi connectivity index (χ1) is 3.79. The van der Waals surface area contributed by atoms with Crippen LogP contribution in [0.4, 0.5) is 0 Å². The fourth-order valence-electron chi connectivity index (χ4n) is 0.383. The molecule has 0 radical (unpaired) electrons. The van der Waals surface area contributed by atoms with Crippen LogP contribution in [0.25, 0.3) is 0 Å². The summed E-state index contributed by atoms with van der Waals surface area (Å²) in [6, 6.07) is 1.24. The first-order valence-corrected chi connectivity index (χ1v) is 2.07. The first kappa shape index (κ1) is 8.03. The molecule has 1 rings (SSSR count). The van der Waals surface area contributed by atoms with Crippen molar-refractivity contribution >= 4 is 13.5 Å². The number of hydrogen-bond donors (Lipinski definition) is 2. The predicted octanol–water partition coefficient (Wildman–Crippen LogP) is -0.824. The number of hydrogen-bond acceptors (Lipinski definition) is 2. The summed E-state index contributed by atoms with van der Waals surface area (Å²) in [5.74, 6) is 0. The highest BCUT2D eigenvalue weighted by Gasteiger charge is 1.77. The van der Waals surface area contributed by atoms with Crippen LogP contribution in [0.5, 0.6) is 0 Å². The lowest BCUT2D eigenvalue weighted by molar-refractivity contribution is 1.04. The van der Waals surface area contributed by atoms with Gasteiger partial charge < -0.3 is 4.98 Å². The maximum atomic E-state index is 10.2. The van der Waals surface area contributed by atoms with Gasteiger partial charge in [0, 0.05) is 12.3 Å². The van der Waals surface area contributed by atoms with Gasteiger partial charge in [-0.3, -0.25) is 9.78 Å². The molecule has 4 nitrogen and oxygen atoms in total. The minimum atomic E-state index is -0.475.